The molecule has 128 valence electrons. The molecule has 2 rings (SSSR count). The molecular weight excluding hydrogens is 332 g/mol. The molecule has 0 aliphatic carbocycles. The first-order chi connectivity index (χ1) is 11.5. The predicted octanol–water partition coefficient (Wildman–Crippen LogP) is 2.87. The maximum absolute atomic E-state index is 11.9. The van der Waals surface area contributed by atoms with Gasteiger partial charge < -0.3 is 19.3 Å². The number of hydrogen-bond donors (Lipinski definition) is 1. The number of amides is 1. The fourth-order valence-corrected chi connectivity index (χ4v) is 2.23. The minimum atomic E-state index is -0.439. The van der Waals surface area contributed by atoms with Gasteiger partial charge in [-0.25, -0.2) is 4.79 Å². The molecule has 0 saturated carbocycles. The highest BCUT2D eigenvalue weighted by Crippen LogP contribution is 2.10. The maximum atomic E-state index is 11.9. The van der Waals surface area contributed by atoms with Crippen LogP contribution in [-0.4, -0.2) is 34.3 Å². The fraction of sp³-hybridized carbons (Fsp3) is 0.294. The Morgan fingerprint density at radius 3 is 2.71 bits per heavy atom. The van der Waals surface area contributed by atoms with Crippen molar-refractivity contribution in [2.45, 2.75) is 19.6 Å². The molecule has 2 aromatic rings. The molecule has 0 aliphatic heterocycles. The standard InChI is InChI=1S/C17H19ClN2O4/c1-19(9-3-11-20-10-2-4-15(21)16(20)22)17(23)24-12-13-5-7-14(18)8-6-13/h2,4-8,10,21H,3,9,11-12H2,1H3. The van der Waals surface area contributed by atoms with Gasteiger partial charge in [0.15, 0.2) is 5.75 Å². The maximum Gasteiger partial charge on any atom is 0.409 e. The summed E-state index contributed by atoms with van der Waals surface area (Å²) < 4.78 is 6.62. The molecule has 0 radical (unpaired) electrons. The third kappa shape index (κ3) is 5.03. The SMILES string of the molecule is CN(CCCn1cccc(O)c1=O)C(=O)OCc1ccc(Cl)cc1. The Labute approximate surface area is 144 Å². The summed E-state index contributed by atoms with van der Waals surface area (Å²) in [5.41, 5.74) is 0.415. The Balaban J connectivity index is 1.76. The Kier molecular flexibility index (Phi) is 6.26. The molecular formula is C17H19ClN2O4. The van der Waals surface area contributed by atoms with Crippen LogP contribution in [0.5, 0.6) is 5.75 Å². The molecule has 0 atom stereocenters. The number of pyridine rings is 1. The number of carbonyl (C=O) groups excluding carboxylic acids is 1. The number of aromatic hydroxyl groups is 1. The van der Waals surface area contributed by atoms with Crippen LogP contribution in [0.25, 0.3) is 0 Å². The van der Waals surface area contributed by atoms with E-state index in [1.165, 1.54) is 15.5 Å². The molecule has 6 nitrogen and oxygen atoms in total. The van der Waals surface area contributed by atoms with Crippen LogP contribution < -0.4 is 5.56 Å². The number of rotatable bonds is 6. The topological polar surface area (TPSA) is 71.8 Å². The van der Waals surface area contributed by atoms with Crippen LogP contribution >= 0.6 is 11.6 Å². The van der Waals surface area contributed by atoms with Gasteiger partial charge >= 0.3 is 6.09 Å². The molecule has 1 amide bonds. The molecule has 1 heterocycles. The lowest BCUT2D eigenvalue weighted by Gasteiger charge is -2.17. The molecule has 1 N–H and O–H groups in total. The van der Waals surface area contributed by atoms with Crippen LogP contribution in [0.15, 0.2) is 47.4 Å². The van der Waals surface area contributed by atoms with Crippen LogP contribution in [0.1, 0.15) is 12.0 Å². The van der Waals surface area contributed by atoms with Crippen molar-refractivity contribution in [1.82, 2.24) is 9.47 Å². The Morgan fingerprint density at radius 1 is 1.29 bits per heavy atom. The van der Waals surface area contributed by atoms with Crippen LogP contribution in [-0.2, 0) is 17.9 Å². The lowest BCUT2D eigenvalue weighted by Crippen LogP contribution is -2.29. The third-order valence-corrected chi connectivity index (χ3v) is 3.73. The molecule has 7 heteroatoms. The van der Waals surface area contributed by atoms with Crippen molar-refractivity contribution in [2.75, 3.05) is 13.6 Å². The van der Waals surface area contributed by atoms with Gasteiger partial charge in [-0.15, -0.1) is 0 Å². The van der Waals surface area contributed by atoms with Gasteiger partial charge in [0.05, 0.1) is 0 Å². The summed E-state index contributed by atoms with van der Waals surface area (Å²) in [6, 6.07) is 10.0. The summed E-state index contributed by atoms with van der Waals surface area (Å²) in [7, 11) is 1.63. The zero-order valence-corrected chi connectivity index (χ0v) is 14.1. The first-order valence-corrected chi connectivity index (χ1v) is 7.86. The van der Waals surface area contributed by atoms with Gasteiger partial charge in [-0.05, 0) is 36.2 Å². The molecule has 24 heavy (non-hydrogen) atoms. The monoisotopic (exact) mass is 350 g/mol. The van der Waals surface area contributed by atoms with E-state index in [4.69, 9.17) is 16.3 Å². The van der Waals surface area contributed by atoms with Gasteiger partial charge in [0.1, 0.15) is 6.61 Å². The Hall–Kier alpha value is -2.47. The van der Waals surface area contributed by atoms with Crippen LogP contribution in [0.4, 0.5) is 4.79 Å². The number of ether oxygens (including phenoxy) is 1. The summed E-state index contributed by atoms with van der Waals surface area (Å²) in [5.74, 6) is -0.284. The van der Waals surface area contributed by atoms with Crippen molar-refractivity contribution >= 4 is 17.7 Å². The lowest BCUT2D eigenvalue weighted by molar-refractivity contribution is 0.104. The molecule has 1 aromatic heterocycles. The number of aromatic nitrogens is 1. The number of carbonyl (C=O) groups is 1. The highest BCUT2D eigenvalue weighted by atomic mass is 35.5. The van der Waals surface area contributed by atoms with Crippen molar-refractivity contribution in [3.63, 3.8) is 0 Å². The first-order valence-electron chi connectivity index (χ1n) is 7.48. The van der Waals surface area contributed by atoms with Crippen molar-refractivity contribution in [1.29, 1.82) is 0 Å². The van der Waals surface area contributed by atoms with Crippen LogP contribution in [0.2, 0.25) is 5.02 Å². The summed E-state index contributed by atoms with van der Waals surface area (Å²) >= 11 is 5.80. The van der Waals surface area contributed by atoms with Gasteiger partial charge in [-0.1, -0.05) is 23.7 Å². The van der Waals surface area contributed by atoms with E-state index in [0.29, 0.717) is 24.5 Å². The Bertz CT molecular complexity index is 743. The van der Waals surface area contributed by atoms with E-state index in [-0.39, 0.29) is 12.4 Å². The molecule has 1 aromatic carbocycles. The van der Waals surface area contributed by atoms with E-state index in [1.807, 2.05) is 0 Å². The van der Waals surface area contributed by atoms with E-state index < -0.39 is 11.7 Å². The lowest BCUT2D eigenvalue weighted by atomic mass is 10.2. The second-order valence-electron chi connectivity index (χ2n) is 5.35. The molecule has 0 bridgehead atoms. The van der Waals surface area contributed by atoms with Crippen molar-refractivity contribution < 1.29 is 14.6 Å². The molecule has 0 aliphatic rings. The summed E-state index contributed by atoms with van der Waals surface area (Å²) in [6.45, 7) is 1.01. The van der Waals surface area contributed by atoms with Crippen molar-refractivity contribution in [3.8, 4) is 5.75 Å². The quantitative estimate of drug-likeness (QED) is 0.869. The molecule has 0 unspecified atom stereocenters. The van der Waals surface area contributed by atoms with Gasteiger partial charge in [-0.3, -0.25) is 4.79 Å². The normalized spacial score (nSPS) is 10.4. The molecule has 0 spiro atoms. The zero-order valence-electron chi connectivity index (χ0n) is 13.3. The average Bonchev–Trinajstić information content (AvgIpc) is 2.57. The van der Waals surface area contributed by atoms with Crippen molar-refractivity contribution in [3.05, 3.63) is 63.5 Å². The highest BCUT2D eigenvalue weighted by molar-refractivity contribution is 6.30. The number of aryl methyl sites for hydroxylation is 1. The van der Waals surface area contributed by atoms with Gasteiger partial charge in [0.2, 0.25) is 0 Å². The smallest absolute Gasteiger partial charge is 0.409 e. The molecule has 0 saturated heterocycles. The minimum absolute atomic E-state index is 0.173. The number of halogens is 1. The van der Waals surface area contributed by atoms with Crippen molar-refractivity contribution in [2.24, 2.45) is 0 Å². The molecule has 0 fully saturated rings. The van der Waals surface area contributed by atoms with E-state index in [0.717, 1.165) is 5.56 Å². The third-order valence-electron chi connectivity index (χ3n) is 3.48. The zero-order chi connectivity index (χ0) is 17.5. The van der Waals surface area contributed by atoms with E-state index >= 15 is 0 Å². The minimum Gasteiger partial charge on any atom is -0.503 e. The number of benzene rings is 1. The first kappa shape index (κ1) is 17.9. The van der Waals surface area contributed by atoms with Gasteiger partial charge in [0, 0.05) is 31.4 Å². The summed E-state index contributed by atoms with van der Waals surface area (Å²) in [4.78, 5) is 25.0. The van der Waals surface area contributed by atoms with E-state index in [2.05, 4.69) is 0 Å². The summed E-state index contributed by atoms with van der Waals surface area (Å²) in [5, 5.41) is 10.00. The Morgan fingerprint density at radius 2 is 2.00 bits per heavy atom. The van der Waals surface area contributed by atoms with Gasteiger partial charge in [0.25, 0.3) is 5.56 Å². The van der Waals surface area contributed by atoms with Gasteiger partial charge in [-0.2, -0.15) is 0 Å². The van der Waals surface area contributed by atoms with E-state index in [1.54, 1.807) is 43.6 Å². The van der Waals surface area contributed by atoms with Crippen LogP contribution in [0, 0.1) is 0 Å². The second-order valence-corrected chi connectivity index (χ2v) is 5.78. The average molecular weight is 351 g/mol. The second kappa shape index (κ2) is 8.40. The van der Waals surface area contributed by atoms with E-state index in [9.17, 15) is 14.7 Å². The largest absolute Gasteiger partial charge is 0.503 e. The number of nitrogens with zero attached hydrogens (tertiary/aromatic N) is 2. The highest BCUT2D eigenvalue weighted by Gasteiger charge is 2.10. The number of hydrogen-bond acceptors (Lipinski definition) is 4. The van der Waals surface area contributed by atoms with Crippen LogP contribution in [0.3, 0.4) is 0 Å². The predicted molar refractivity (Wildman–Crippen MR) is 91.3 cm³/mol. The fourth-order valence-electron chi connectivity index (χ4n) is 2.11. The summed E-state index contributed by atoms with van der Waals surface area (Å²) in [6.07, 6.45) is 1.73.